The number of anilines is 1. The molecule has 0 radical (unpaired) electrons. The molecule has 0 bridgehead atoms. The van der Waals surface area contributed by atoms with Gasteiger partial charge in [0.05, 0.1) is 16.2 Å². The van der Waals surface area contributed by atoms with Gasteiger partial charge in [-0.3, -0.25) is 4.55 Å². The summed E-state index contributed by atoms with van der Waals surface area (Å²) in [5.74, 6) is -1.07. The van der Waals surface area contributed by atoms with Crippen molar-refractivity contribution >= 4 is 38.9 Å². The van der Waals surface area contributed by atoms with Gasteiger partial charge in [0, 0.05) is 17.2 Å². The molecule has 0 atom stereocenters. The van der Waals surface area contributed by atoms with Crippen molar-refractivity contribution in [3.63, 3.8) is 0 Å². The fraction of sp³-hybridized carbons (Fsp3) is 0.278. The van der Waals surface area contributed by atoms with Crippen molar-refractivity contribution in [1.29, 1.82) is 0 Å². The molecule has 0 saturated carbocycles. The van der Waals surface area contributed by atoms with Crippen molar-refractivity contribution in [3.05, 3.63) is 41.2 Å². The van der Waals surface area contributed by atoms with Crippen molar-refractivity contribution in [2.45, 2.75) is 38.0 Å². The van der Waals surface area contributed by atoms with Crippen LogP contribution in [-0.4, -0.2) is 38.6 Å². The van der Waals surface area contributed by atoms with Gasteiger partial charge in [-0.25, -0.2) is 9.78 Å². The lowest BCUT2D eigenvalue weighted by Gasteiger charge is -2.15. The summed E-state index contributed by atoms with van der Waals surface area (Å²) in [5, 5.41) is 22.1. The molecule has 0 aliphatic carbocycles. The molecule has 0 unspecified atom stereocenters. The van der Waals surface area contributed by atoms with E-state index in [1.165, 1.54) is 4.52 Å². The van der Waals surface area contributed by atoms with E-state index >= 15 is 0 Å². The molecule has 158 valence electrons. The highest BCUT2D eigenvalue weighted by Gasteiger charge is 2.26. The highest BCUT2D eigenvalue weighted by molar-refractivity contribution is 7.85. The third-order valence-corrected chi connectivity index (χ3v) is 5.03. The van der Waals surface area contributed by atoms with Gasteiger partial charge in [0.2, 0.25) is 0 Å². The number of nitrogens with two attached hydrogens (primary N) is 1. The van der Waals surface area contributed by atoms with E-state index in [-0.39, 0.29) is 5.69 Å². The molecular weight excluding hydrogens is 412 g/mol. The number of carboxylic acids is 1. The predicted molar refractivity (Wildman–Crippen MR) is 108 cm³/mol. The second kappa shape index (κ2) is 7.15. The Morgan fingerprint density at radius 3 is 2.43 bits per heavy atom. The number of aryl methyl sites for hydroxylation is 1. The topological polar surface area (TPSA) is 173 Å². The molecule has 0 saturated heterocycles. The normalized spacial score (nSPS) is 12.7. The van der Waals surface area contributed by atoms with E-state index in [1.54, 1.807) is 13.0 Å². The number of fused-ring (bicyclic) bond motifs is 1. The van der Waals surface area contributed by atoms with Crippen molar-refractivity contribution in [2.75, 3.05) is 5.73 Å². The van der Waals surface area contributed by atoms with Crippen LogP contribution in [0.15, 0.2) is 39.4 Å². The van der Waals surface area contributed by atoms with Gasteiger partial charge in [0.1, 0.15) is 11.5 Å². The van der Waals surface area contributed by atoms with Crippen LogP contribution in [0.2, 0.25) is 0 Å². The highest BCUT2D eigenvalue weighted by atomic mass is 32.2. The number of aromatic nitrogens is 3. The fourth-order valence-corrected chi connectivity index (χ4v) is 3.30. The maximum Gasteiger partial charge on any atom is 0.338 e. The maximum atomic E-state index is 11.6. The summed E-state index contributed by atoms with van der Waals surface area (Å²) >= 11 is 0. The van der Waals surface area contributed by atoms with Crippen molar-refractivity contribution in [1.82, 2.24) is 14.6 Å². The molecule has 0 fully saturated rings. The summed E-state index contributed by atoms with van der Waals surface area (Å²) in [6.07, 6.45) is 0. The lowest BCUT2D eigenvalue weighted by atomic mass is 9.91. The van der Waals surface area contributed by atoms with E-state index in [2.05, 4.69) is 20.3 Å². The van der Waals surface area contributed by atoms with Crippen LogP contribution >= 0.6 is 0 Å². The van der Waals surface area contributed by atoms with Crippen LogP contribution in [0.4, 0.5) is 17.2 Å². The first-order valence-electron chi connectivity index (χ1n) is 8.72. The largest absolute Gasteiger partial charge is 0.478 e. The minimum Gasteiger partial charge on any atom is -0.478 e. The van der Waals surface area contributed by atoms with Gasteiger partial charge >= 0.3 is 5.97 Å². The van der Waals surface area contributed by atoms with Gasteiger partial charge in [0.25, 0.3) is 10.1 Å². The lowest BCUT2D eigenvalue weighted by molar-refractivity contribution is 0.0697. The Morgan fingerprint density at radius 2 is 1.87 bits per heavy atom. The number of rotatable bonds is 4. The van der Waals surface area contributed by atoms with E-state index in [4.69, 9.17) is 10.3 Å². The third-order valence-electron chi connectivity index (χ3n) is 4.18. The Labute approximate surface area is 172 Å². The SMILES string of the molecule is Cc1cc(N)n2nc(C(C)(C)C)c(/N=N/c3ccc(S(=O)(=O)O)cc3C(=O)O)c2n1. The molecule has 0 aliphatic rings. The zero-order chi connectivity index (χ0) is 22.4. The second-order valence-corrected chi connectivity index (χ2v) is 9.09. The molecule has 2 heterocycles. The van der Waals surface area contributed by atoms with Crippen LogP contribution in [0, 0.1) is 6.92 Å². The van der Waals surface area contributed by atoms with E-state index < -0.39 is 32.0 Å². The van der Waals surface area contributed by atoms with Crippen LogP contribution < -0.4 is 5.73 Å². The minimum absolute atomic E-state index is 0.102. The van der Waals surface area contributed by atoms with Gasteiger partial charge in [-0.05, 0) is 25.1 Å². The first-order valence-corrected chi connectivity index (χ1v) is 10.2. The Hall–Kier alpha value is -3.38. The van der Waals surface area contributed by atoms with Crippen LogP contribution in [-0.2, 0) is 15.5 Å². The maximum absolute atomic E-state index is 11.6. The summed E-state index contributed by atoms with van der Waals surface area (Å²) in [5.41, 5.74) is 6.90. The average molecular weight is 432 g/mol. The van der Waals surface area contributed by atoms with Gasteiger partial charge in [-0.15, -0.1) is 10.2 Å². The Kier molecular flexibility index (Phi) is 5.08. The number of benzene rings is 1. The summed E-state index contributed by atoms with van der Waals surface area (Å²) < 4.78 is 33.2. The molecule has 0 spiro atoms. The molecule has 3 rings (SSSR count). The number of carbonyl (C=O) groups is 1. The van der Waals surface area contributed by atoms with E-state index in [1.807, 2.05) is 20.8 Å². The standard InChI is InChI=1S/C18H20N6O5S/c1-9-7-13(19)24-16(20-9)14(15(23-24)18(2,3)4)22-21-12-6-5-10(30(27,28)29)8-11(12)17(25)26/h5-8H,19H2,1-4H3,(H,25,26)(H,27,28,29)/b22-21+. The zero-order valence-electron chi connectivity index (χ0n) is 16.7. The smallest absolute Gasteiger partial charge is 0.338 e. The van der Waals surface area contributed by atoms with Crippen LogP contribution in [0.3, 0.4) is 0 Å². The minimum atomic E-state index is -4.57. The number of aromatic carboxylic acids is 1. The number of nitrogen functional groups attached to an aromatic ring is 1. The quantitative estimate of drug-likeness (QED) is 0.416. The van der Waals surface area contributed by atoms with Crippen LogP contribution in [0.5, 0.6) is 0 Å². The van der Waals surface area contributed by atoms with E-state index in [0.29, 0.717) is 28.5 Å². The number of nitrogens with zero attached hydrogens (tertiary/aromatic N) is 5. The monoisotopic (exact) mass is 432 g/mol. The number of azo groups is 1. The Bertz CT molecular complexity index is 1300. The molecule has 3 aromatic rings. The van der Waals surface area contributed by atoms with Crippen molar-refractivity contribution < 1.29 is 22.9 Å². The predicted octanol–water partition coefficient (Wildman–Crippen LogP) is 3.28. The Morgan fingerprint density at radius 1 is 1.20 bits per heavy atom. The molecule has 2 aromatic heterocycles. The highest BCUT2D eigenvalue weighted by Crippen LogP contribution is 2.36. The summed E-state index contributed by atoms with van der Waals surface area (Å²) in [4.78, 5) is 15.4. The van der Waals surface area contributed by atoms with Gasteiger partial charge in [-0.1, -0.05) is 20.8 Å². The average Bonchev–Trinajstić information content (AvgIpc) is 2.98. The molecule has 4 N–H and O–H groups in total. The lowest BCUT2D eigenvalue weighted by Crippen LogP contribution is -2.12. The molecule has 0 aliphatic heterocycles. The third kappa shape index (κ3) is 4.00. The summed E-state index contributed by atoms with van der Waals surface area (Å²) in [6.45, 7) is 7.51. The second-order valence-electron chi connectivity index (χ2n) is 7.66. The van der Waals surface area contributed by atoms with Crippen LogP contribution in [0.1, 0.15) is 42.5 Å². The van der Waals surface area contributed by atoms with E-state index in [9.17, 15) is 18.3 Å². The number of hydrogen-bond donors (Lipinski definition) is 3. The first-order chi connectivity index (χ1) is 13.8. The Balaban J connectivity index is 2.23. The van der Waals surface area contributed by atoms with Crippen LogP contribution in [0.25, 0.3) is 5.65 Å². The molecule has 30 heavy (non-hydrogen) atoms. The summed E-state index contributed by atoms with van der Waals surface area (Å²) in [7, 11) is -4.57. The molecule has 11 nitrogen and oxygen atoms in total. The van der Waals surface area contributed by atoms with E-state index in [0.717, 1.165) is 18.2 Å². The van der Waals surface area contributed by atoms with Crippen molar-refractivity contribution in [3.8, 4) is 0 Å². The molecule has 0 amide bonds. The zero-order valence-corrected chi connectivity index (χ0v) is 17.5. The molecule has 12 heteroatoms. The summed E-state index contributed by atoms with van der Waals surface area (Å²) in [6, 6.07) is 4.65. The first kappa shape index (κ1) is 21.3. The molecular formula is C18H20N6O5S. The molecule has 1 aromatic carbocycles. The number of carboxylic acid groups (broad SMARTS) is 1. The van der Waals surface area contributed by atoms with Gasteiger partial charge in [0.15, 0.2) is 11.3 Å². The fourth-order valence-electron chi connectivity index (χ4n) is 2.79. The van der Waals surface area contributed by atoms with Crippen molar-refractivity contribution in [2.24, 2.45) is 10.2 Å². The number of hydrogen-bond acceptors (Lipinski definition) is 8. The van der Waals surface area contributed by atoms with Gasteiger partial charge in [-0.2, -0.15) is 18.0 Å². The van der Waals surface area contributed by atoms with Gasteiger partial charge < -0.3 is 10.8 Å².